The van der Waals surface area contributed by atoms with Gasteiger partial charge in [-0.3, -0.25) is 4.79 Å². The number of amides is 1. The van der Waals surface area contributed by atoms with Crippen molar-refractivity contribution < 1.29 is 13.2 Å². The van der Waals surface area contributed by atoms with E-state index in [4.69, 9.17) is 0 Å². The Hall–Kier alpha value is -1.12. The third kappa shape index (κ3) is 3.89. The highest BCUT2D eigenvalue weighted by Crippen LogP contribution is 2.53. The zero-order valence-corrected chi connectivity index (χ0v) is 17.4. The first-order valence-corrected chi connectivity index (χ1v) is 12.1. The summed E-state index contributed by atoms with van der Waals surface area (Å²) in [6.07, 6.45) is 7.91. The van der Waals surface area contributed by atoms with Crippen LogP contribution in [-0.4, -0.2) is 49.5 Å². The van der Waals surface area contributed by atoms with Gasteiger partial charge in [0, 0.05) is 26.3 Å². The lowest BCUT2D eigenvalue weighted by atomic mass is 9.54. The Morgan fingerprint density at radius 1 is 1.15 bits per heavy atom. The molecular weight excluding hydrogens is 382 g/mol. The van der Waals surface area contributed by atoms with Gasteiger partial charge in [0.05, 0.1) is 10.8 Å². The van der Waals surface area contributed by atoms with E-state index in [1.54, 1.807) is 12.1 Å². The Morgan fingerprint density at radius 2 is 1.78 bits per heavy atom. The maximum atomic E-state index is 12.5. The summed E-state index contributed by atoms with van der Waals surface area (Å²) in [6.45, 7) is 0. The minimum absolute atomic E-state index is 0.0595. The summed E-state index contributed by atoms with van der Waals surface area (Å²) in [5.41, 5.74) is 0. The van der Waals surface area contributed by atoms with E-state index in [-0.39, 0.29) is 10.8 Å². The van der Waals surface area contributed by atoms with Crippen molar-refractivity contribution in [2.75, 3.05) is 19.8 Å². The molecule has 8 heteroatoms. The molecular formula is C19H27N3O3S2. The fourth-order valence-corrected chi connectivity index (χ4v) is 6.84. The smallest absolute Gasteiger partial charge is 0.244 e. The normalized spacial score (nSPS) is 32.0. The predicted octanol–water partition coefficient (Wildman–Crippen LogP) is 2.36. The van der Waals surface area contributed by atoms with Crippen LogP contribution in [0.25, 0.3) is 0 Å². The van der Waals surface area contributed by atoms with E-state index in [2.05, 4.69) is 10.3 Å². The standard InChI is InChI=1S/C19H27N3O3S2/c1-22(2)27(24,25)16-3-4-18(20-10-16)26-11-17(23)21-19-14-6-12-5-13(8-14)9-15(19)7-12/h3-4,10,12-15,19H,5-9,11H2,1-2H3,(H,21,23). The van der Waals surface area contributed by atoms with Crippen molar-refractivity contribution in [1.82, 2.24) is 14.6 Å². The van der Waals surface area contributed by atoms with Gasteiger partial charge >= 0.3 is 0 Å². The lowest BCUT2D eigenvalue weighted by Gasteiger charge is -2.54. The summed E-state index contributed by atoms with van der Waals surface area (Å²) in [4.78, 5) is 16.8. The second kappa shape index (κ2) is 7.37. The van der Waals surface area contributed by atoms with Crippen LogP contribution in [0.5, 0.6) is 0 Å². The number of hydrogen-bond acceptors (Lipinski definition) is 5. The molecule has 1 aromatic rings. The van der Waals surface area contributed by atoms with Crippen LogP contribution in [0.2, 0.25) is 0 Å². The lowest BCUT2D eigenvalue weighted by molar-refractivity contribution is -0.122. The summed E-state index contributed by atoms with van der Waals surface area (Å²) in [7, 11) is -0.487. The number of rotatable bonds is 6. The van der Waals surface area contributed by atoms with Gasteiger partial charge in [-0.2, -0.15) is 0 Å². The van der Waals surface area contributed by atoms with E-state index in [0.29, 0.717) is 28.7 Å². The van der Waals surface area contributed by atoms with Crippen molar-refractivity contribution in [1.29, 1.82) is 0 Å². The summed E-state index contributed by atoms with van der Waals surface area (Å²) in [5, 5.41) is 3.95. The SMILES string of the molecule is CN(C)S(=O)(=O)c1ccc(SCC(=O)NC2C3CC4CC(C3)CC2C4)nc1. The van der Waals surface area contributed by atoms with Crippen LogP contribution in [0, 0.1) is 23.7 Å². The first-order valence-electron chi connectivity index (χ1n) is 9.63. The Balaban J connectivity index is 1.31. The highest BCUT2D eigenvalue weighted by molar-refractivity contribution is 7.99. The molecule has 1 heterocycles. The number of carbonyl (C=O) groups excluding carboxylic acids is 1. The fourth-order valence-electron chi connectivity index (χ4n) is 5.34. The van der Waals surface area contributed by atoms with E-state index in [1.165, 1.54) is 64.2 Å². The van der Waals surface area contributed by atoms with E-state index >= 15 is 0 Å². The molecule has 1 amide bonds. The van der Waals surface area contributed by atoms with Gasteiger partial charge in [-0.25, -0.2) is 17.7 Å². The van der Waals surface area contributed by atoms with Crippen molar-refractivity contribution in [3.8, 4) is 0 Å². The molecule has 4 aliphatic rings. The molecule has 0 aromatic carbocycles. The summed E-state index contributed by atoms with van der Waals surface area (Å²) >= 11 is 1.35. The number of sulfonamides is 1. The Bertz CT molecular complexity index is 780. The highest BCUT2D eigenvalue weighted by Gasteiger charge is 2.48. The minimum Gasteiger partial charge on any atom is -0.352 e. The average Bonchev–Trinajstić information content (AvgIpc) is 2.62. The average molecular weight is 410 g/mol. The van der Waals surface area contributed by atoms with Crippen LogP contribution in [0.3, 0.4) is 0 Å². The molecule has 0 radical (unpaired) electrons. The van der Waals surface area contributed by atoms with Gasteiger partial charge in [0.1, 0.15) is 4.90 Å². The van der Waals surface area contributed by atoms with Gasteiger partial charge in [-0.15, -0.1) is 0 Å². The number of aromatic nitrogens is 1. The number of pyridine rings is 1. The first-order chi connectivity index (χ1) is 12.8. The van der Waals surface area contributed by atoms with Crippen LogP contribution >= 0.6 is 11.8 Å². The number of carbonyl (C=O) groups is 1. The number of thioether (sulfide) groups is 1. The number of nitrogens with one attached hydrogen (secondary N) is 1. The van der Waals surface area contributed by atoms with Crippen LogP contribution in [0.1, 0.15) is 32.1 Å². The van der Waals surface area contributed by atoms with E-state index < -0.39 is 10.0 Å². The molecule has 4 aliphatic carbocycles. The van der Waals surface area contributed by atoms with E-state index in [1.807, 2.05) is 0 Å². The van der Waals surface area contributed by atoms with Gasteiger partial charge in [0.2, 0.25) is 15.9 Å². The molecule has 0 saturated heterocycles. The second-order valence-corrected chi connectivity index (χ2v) is 11.6. The predicted molar refractivity (Wildman–Crippen MR) is 105 cm³/mol. The Morgan fingerprint density at radius 3 is 2.30 bits per heavy atom. The van der Waals surface area contributed by atoms with Gasteiger partial charge in [-0.05, 0) is 67.9 Å². The monoisotopic (exact) mass is 409 g/mol. The van der Waals surface area contributed by atoms with Gasteiger partial charge in [-0.1, -0.05) is 11.8 Å². The fraction of sp³-hybridized carbons (Fsp3) is 0.684. The molecule has 0 aliphatic heterocycles. The number of nitrogens with zero attached hydrogens (tertiary/aromatic N) is 2. The molecule has 0 unspecified atom stereocenters. The molecule has 4 fully saturated rings. The van der Waals surface area contributed by atoms with Crippen LogP contribution < -0.4 is 5.32 Å². The molecule has 6 nitrogen and oxygen atoms in total. The largest absolute Gasteiger partial charge is 0.352 e. The third-order valence-corrected chi connectivity index (χ3v) is 9.14. The van der Waals surface area contributed by atoms with Crippen molar-refractivity contribution in [3.63, 3.8) is 0 Å². The quantitative estimate of drug-likeness (QED) is 0.730. The summed E-state index contributed by atoms with van der Waals surface area (Å²) in [6, 6.07) is 3.56. The van der Waals surface area contributed by atoms with Crippen LogP contribution in [0.4, 0.5) is 0 Å². The van der Waals surface area contributed by atoms with Crippen LogP contribution in [0.15, 0.2) is 28.3 Å². The van der Waals surface area contributed by atoms with Crippen molar-refractivity contribution in [3.05, 3.63) is 18.3 Å². The van der Waals surface area contributed by atoms with Crippen molar-refractivity contribution >= 4 is 27.7 Å². The van der Waals surface area contributed by atoms with Gasteiger partial charge < -0.3 is 5.32 Å². The zero-order chi connectivity index (χ0) is 19.2. The molecule has 5 rings (SSSR count). The second-order valence-electron chi connectivity index (χ2n) is 8.43. The van der Waals surface area contributed by atoms with E-state index in [9.17, 15) is 13.2 Å². The van der Waals surface area contributed by atoms with Gasteiger partial charge in [0.15, 0.2) is 0 Å². The molecule has 4 saturated carbocycles. The maximum absolute atomic E-state index is 12.5. The number of hydrogen-bond donors (Lipinski definition) is 1. The molecule has 1 aromatic heterocycles. The molecule has 1 N–H and O–H groups in total. The molecule has 27 heavy (non-hydrogen) atoms. The summed E-state index contributed by atoms with van der Waals surface area (Å²) < 4.78 is 25.3. The minimum atomic E-state index is -3.47. The van der Waals surface area contributed by atoms with Gasteiger partial charge in [0.25, 0.3) is 0 Å². The van der Waals surface area contributed by atoms with Crippen LogP contribution in [-0.2, 0) is 14.8 Å². The summed E-state index contributed by atoms with van der Waals surface area (Å²) in [5.74, 6) is 3.51. The van der Waals surface area contributed by atoms with Crippen molar-refractivity contribution in [2.24, 2.45) is 23.7 Å². The Labute approximate surface area is 165 Å². The molecule has 148 valence electrons. The highest BCUT2D eigenvalue weighted by atomic mass is 32.2. The zero-order valence-electron chi connectivity index (χ0n) is 15.8. The third-order valence-electron chi connectivity index (χ3n) is 6.39. The first kappa shape index (κ1) is 19.2. The molecule has 0 spiro atoms. The molecule has 4 bridgehead atoms. The topological polar surface area (TPSA) is 79.4 Å². The lowest BCUT2D eigenvalue weighted by Crippen LogP contribution is -2.56. The maximum Gasteiger partial charge on any atom is 0.244 e. The van der Waals surface area contributed by atoms with E-state index in [0.717, 1.165) is 16.1 Å². The Kier molecular flexibility index (Phi) is 5.24. The molecule has 0 atom stereocenters. The van der Waals surface area contributed by atoms with Crippen molar-refractivity contribution in [2.45, 2.75) is 48.1 Å².